The number of aromatic nitrogens is 1. The molecule has 4 rings (SSSR count). The largest absolute Gasteiger partial charge is 0.497 e. The Morgan fingerprint density at radius 3 is 2.36 bits per heavy atom. The van der Waals surface area contributed by atoms with Crippen LogP contribution < -0.4 is 19.7 Å². The minimum atomic E-state index is -0.326. The molecule has 2 aromatic carbocycles. The number of anilines is 1. The summed E-state index contributed by atoms with van der Waals surface area (Å²) < 4.78 is 16.6. The number of nitrogens with one attached hydrogen (secondary N) is 1. The van der Waals surface area contributed by atoms with E-state index in [2.05, 4.69) is 34.3 Å². The molecule has 36 heavy (non-hydrogen) atoms. The van der Waals surface area contributed by atoms with Crippen LogP contribution in [0.15, 0.2) is 66.9 Å². The maximum atomic E-state index is 12.6. The third-order valence-electron chi connectivity index (χ3n) is 6.26. The van der Waals surface area contributed by atoms with E-state index in [1.807, 2.05) is 50.2 Å². The van der Waals surface area contributed by atoms with Gasteiger partial charge in [-0.2, -0.15) is 0 Å². The van der Waals surface area contributed by atoms with Gasteiger partial charge in [-0.25, -0.2) is 9.78 Å². The second-order valence-corrected chi connectivity index (χ2v) is 9.23. The average Bonchev–Trinajstić information content (AvgIpc) is 3.36. The summed E-state index contributed by atoms with van der Waals surface area (Å²) in [5, 5.41) is 3.80. The maximum absolute atomic E-state index is 12.6. The number of hydrogen-bond acceptors (Lipinski definition) is 7. The van der Waals surface area contributed by atoms with Gasteiger partial charge in [-0.3, -0.25) is 0 Å². The molecule has 0 bridgehead atoms. The number of esters is 1. The zero-order valence-electron chi connectivity index (χ0n) is 21.4. The van der Waals surface area contributed by atoms with Crippen LogP contribution in [-0.4, -0.2) is 43.3 Å². The molecule has 1 N–H and O–H groups in total. The van der Waals surface area contributed by atoms with Crippen LogP contribution in [0.1, 0.15) is 55.6 Å². The van der Waals surface area contributed by atoms with Crippen molar-refractivity contribution in [2.75, 3.05) is 25.1 Å². The number of hydrogen-bond donors (Lipinski definition) is 1. The van der Waals surface area contributed by atoms with Gasteiger partial charge in [0.15, 0.2) is 0 Å². The lowest BCUT2D eigenvalue weighted by molar-refractivity contribution is 0.0378. The van der Waals surface area contributed by atoms with Crippen LogP contribution in [0.4, 0.5) is 5.82 Å². The standard InChI is InChI=1S/C29H35N3O4/c1-5-27(21-8-10-24(11-9-21)36-25-14-12-23(34-4)13-15-25)31-22-16-18-32(19-22)28-26(7-6-17-30-28)29(33)35-20(2)3/h6-15,17,20,22,27,31H,5,16,18-19H2,1-4H3/t22-,27?/m0/s1. The molecule has 1 fully saturated rings. The lowest BCUT2D eigenvalue weighted by Crippen LogP contribution is -2.35. The van der Waals surface area contributed by atoms with E-state index < -0.39 is 0 Å². The Hall–Kier alpha value is -3.58. The van der Waals surface area contributed by atoms with Crippen molar-refractivity contribution < 1.29 is 19.0 Å². The molecule has 0 aliphatic carbocycles. The van der Waals surface area contributed by atoms with Crippen molar-refractivity contribution in [3.63, 3.8) is 0 Å². The smallest absolute Gasteiger partial charge is 0.342 e. The fourth-order valence-corrected chi connectivity index (χ4v) is 4.46. The summed E-state index contributed by atoms with van der Waals surface area (Å²) in [6, 6.07) is 19.9. The van der Waals surface area contributed by atoms with Gasteiger partial charge in [-0.1, -0.05) is 19.1 Å². The van der Waals surface area contributed by atoms with Gasteiger partial charge >= 0.3 is 5.97 Å². The fourth-order valence-electron chi connectivity index (χ4n) is 4.46. The van der Waals surface area contributed by atoms with Crippen molar-refractivity contribution in [1.82, 2.24) is 10.3 Å². The number of rotatable bonds is 10. The highest BCUT2D eigenvalue weighted by molar-refractivity contribution is 5.95. The summed E-state index contributed by atoms with van der Waals surface area (Å²) >= 11 is 0. The minimum absolute atomic E-state index is 0.170. The first-order chi connectivity index (χ1) is 17.5. The number of pyridine rings is 1. The zero-order valence-corrected chi connectivity index (χ0v) is 21.4. The second-order valence-electron chi connectivity index (χ2n) is 9.23. The highest BCUT2D eigenvalue weighted by Crippen LogP contribution is 2.28. The van der Waals surface area contributed by atoms with Crippen molar-refractivity contribution in [3.05, 3.63) is 78.0 Å². The molecule has 7 nitrogen and oxygen atoms in total. The summed E-state index contributed by atoms with van der Waals surface area (Å²) in [6.45, 7) is 7.51. The number of benzene rings is 2. The van der Waals surface area contributed by atoms with Crippen molar-refractivity contribution >= 4 is 11.8 Å². The monoisotopic (exact) mass is 489 g/mol. The molecule has 0 amide bonds. The van der Waals surface area contributed by atoms with Crippen molar-refractivity contribution in [3.8, 4) is 17.2 Å². The van der Waals surface area contributed by atoms with Crippen LogP contribution in [0.3, 0.4) is 0 Å². The van der Waals surface area contributed by atoms with Crippen molar-refractivity contribution in [1.29, 1.82) is 0 Å². The molecule has 3 aromatic rings. The highest BCUT2D eigenvalue weighted by Gasteiger charge is 2.28. The van der Waals surface area contributed by atoms with Crippen molar-refractivity contribution in [2.24, 2.45) is 0 Å². The normalized spacial score (nSPS) is 16.1. The first kappa shape index (κ1) is 25.5. The van der Waals surface area contributed by atoms with E-state index in [0.29, 0.717) is 17.4 Å². The molecule has 0 spiro atoms. The summed E-state index contributed by atoms with van der Waals surface area (Å²) in [6.07, 6.45) is 3.50. The molecular formula is C29H35N3O4. The highest BCUT2D eigenvalue weighted by atomic mass is 16.5. The number of carbonyl (C=O) groups excluding carboxylic acids is 1. The molecule has 7 heteroatoms. The van der Waals surface area contributed by atoms with Gasteiger partial charge in [0.05, 0.1) is 13.2 Å². The minimum Gasteiger partial charge on any atom is -0.497 e. The molecule has 1 saturated heterocycles. The molecule has 1 aliphatic heterocycles. The molecule has 1 aromatic heterocycles. The van der Waals surface area contributed by atoms with E-state index in [0.717, 1.165) is 43.2 Å². The van der Waals surface area contributed by atoms with E-state index in [1.165, 1.54) is 5.56 Å². The quantitative estimate of drug-likeness (QED) is 0.363. The molecule has 1 aliphatic rings. The summed E-state index contributed by atoms with van der Waals surface area (Å²) in [7, 11) is 1.65. The van der Waals surface area contributed by atoms with Gasteiger partial charge in [0, 0.05) is 31.4 Å². The third kappa shape index (κ3) is 6.34. The molecule has 1 unspecified atom stereocenters. The van der Waals surface area contributed by atoms with E-state index in [9.17, 15) is 4.79 Å². The fraction of sp³-hybridized carbons (Fsp3) is 0.379. The molecule has 0 saturated carbocycles. The maximum Gasteiger partial charge on any atom is 0.342 e. The lowest BCUT2D eigenvalue weighted by Gasteiger charge is -2.24. The van der Waals surface area contributed by atoms with Crippen LogP contribution in [0.2, 0.25) is 0 Å². The molecule has 0 radical (unpaired) electrons. The summed E-state index contributed by atoms with van der Waals surface area (Å²) in [5.74, 6) is 2.73. The van der Waals surface area contributed by atoms with Gasteiger partial charge < -0.3 is 24.4 Å². The van der Waals surface area contributed by atoms with E-state index in [-0.39, 0.29) is 18.1 Å². The van der Waals surface area contributed by atoms with Crippen LogP contribution in [0.5, 0.6) is 17.2 Å². The third-order valence-corrected chi connectivity index (χ3v) is 6.26. The Labute approximate surface area is 213 Å². The van der Waals surface area contributed by atoms with Gasteiger partial charge in [-0.05, 0) is 80.8 Å². The van der Waals surface area contributed by atoms with E-state index >= 15 is 0 Å². The molecular weight excluding hydrogens is 454 g/mol. The Bertz CT molecular complexity index is 1130. The number of ether oxygens (including phenoxy) is 3. The van der Waals surface area contributed by atoms with Crippen LogP contribution in [0, 0.1) is 0 Å². The predicted octanol–water partition coefficient (Wildman–Crippen LogP) is 5.77. The summed E-state index contributed by atoms with van der Waals surface area (Å²) in [4.78, 5) is 19.3. The van der Waals surface area contributed by atoms with Crippen molar-refractivity contribution in [2.45, 2.75) is 51.8 Å². The number of carbonyl (C=O) groups is 1. The van der Waals surface area contributed by atoms with Crippen LogP contribution >= 0.6 is 0 Å². The van der Waals surface area contributed by atoms with E-state index in [1.54, 1.807) is 25.4 Å². The zero-order chi connectivity index (χ0) is 25.5. The van der Waals surface area contributed by atoms with E-state index in [4.69, 9.17) is 14.2 Å². The van der Waals surface area contributed by atoms with Gasteiger partial charge in [0.1, 0.15) is 28.6 Å². The predicted molar refractivity (Wildman–Crippen MR) is 141 cm³/mol. The van der Waals surface area contributed by atoms with Gasteiger partial charge in [-0.15, -0.1) is 0 Å². The SMILES string of the molecule is CCC(N[C@H]1CCN(c2ncccc2C(=O)OC(C)C)C1)c1ccc(Oc2ccc(OC)cc2)cc1. The molecule has 190 valence electrons. The first-order valence-corrected chi connectivity index (χ1v) is 12.6. The Morgan fingerprint density at radius 2 is 1.72 bits per heavy atom. The molecule has 2 heterocycles. The first-order valence-electron chi connectivity index (χ1n) is 12.6. The van der Waals surface area contributed by atoms with Crippen LogP contribution in [0.25, 0.3) is 0 Å². The Kier molecular flexibility index (Phi) is 8.44. The van der Waals surface area contributed by atoms with Gasteiger partial charge in [0.25, 0.3) is 0 Å². The van der Waals surface area contributed by atoms with Gasteiger partial charge in [0.2, 0.25) is 0 Å². The summed E-state index contributed by atoms with van der Waals surface area (Å²) in [5.41, 5.74) is 1.74. The topological polar surface area (TPSA) is 72.9 Å². The average molecular weight is 490 g/mol. The lowest BCUT2D eigenvalue weighted by atomic mass is 10.0. The number of methoxy groups -OCH3 is 1. The van der Waals surface area contributed by atoms with Crippen LogP contribution in [-0.2, 0) is 4.74 Å². The second kappa shape index (κ2) is 11.9. The number of nitrogens with zero attached hydrogens (tertiary/aromatic N) is 2. The Morgan fingerprint density at radius 1 is 1.06 bits per heavy atom. The molecule has 2 atom stereocenters. The Balaban J connectivity index is 1.37.